The quantitative estimate of drug-likeness (QED) is 0.764. The molecule has 1 aliphatic heterocycles. The van der Waals surface area contributed by atoms with Crippen LogP contribution in [0.25, 0.3) is 0 Å². The number of rotatable bonds is 6. The Morgan fingerprint density at radius 3 is 2.55 bits per heavy atom. The van der Waals surface area contributed by atoms with Gasteiger partial charge in [0.25, 0.3) is 0 Å². The summed E-state index contributed by atoms with van der Waals surface area (Å²) < 4.78 is 16.2. The first kappa shape index (κ1) is 15.4. The van der Waals surface area contributed by atoms with Crippen LogP contribution >= 0.6 is 0 Å². The van der Waals surface area contributed by atoms with Gasteiger partial charge in [0.15, 0.2) is 5.79 Å². The summed E-state index contributed by atoms with van der Waals surface area (Å²) >= 11 is 0. The number of aliphatic hydroxyl groups is 2. The molecule has 1 fully saturated rings. The third-order valence-electron chi connectivity index (χ3n) is 3.69. The lowest BCUT2D eigenvalue weighted by molar-refractivity contribution is -0.233. The van der Waals surface area contributed by atoms with E-state index in [1.165, 1.54) is 7.11 Å². The van der Waals surface area contributed by atoms with Crippen molar-refractivity contribution in [1.82, 2.24) is 0 Å². The molecule has 20 heavy (non-hydrogen) atoms. The van der Waals surface area contributed by atoms with E-state index < -0.39 is 24.1 Å². The van der Waals surface area contributed by atoms with Crippen molar-refractivity contribution in [2.24, 2.45) is 0 Å². The van der Waals surface area contributed by atoms with Crippen LogP contribution in [0, 0.1) is 0 Å². The Balaban J connectivity index is 1.75. The van der Waals surface area contributed by atoms with Crippen LogP contribution in [0.15, 0.2) is 30.3 Å². The Morgan fingerprint density at radius 2 is 1.95 bits per heavy atom. The van der Waals surface area contributed by atoms with Gasteiger partial charge in [-0.3, -0.25) is 0 Å². The molecule has 0 aliphatic carbocycles. The molecule has 0 radical (unpaired) electrons. The van der Waals surface area contributed by atoms with Crippen molar-refractivity contribution in [2.45, 2.75) is 44.1 Å². The summed E-state index contributed by atoms with van der Waals surface area (Å²) in [7, 11) is 1.45. The summed E-state index contributed by atoms with van der Waals surface area (Å²) in [5.74, 6) is -1.15. The van der Waals surface area contributed by atoms with Crippen molar-refractivity contribution in [2.75, 3.05) is 13.7 Å². The zero-order valence-electron chi connectivity index (χ0n) is 11.9. The molecule has 1 aliphatic rings. The monoisotopic (exact) mass is 282 g/mol. The van der Waals surface area contributed by atoms with Gasteiger partial charge in [-0.05, 0) is 18.9 Å². The minimum absolute atomic E-state index is 0.448. The Morgan fingerprint density at radius 1 is 1.25 bits per heavy atom. The van der Waals surface area contributed by atoms with E-state index in [4.69, 9.17) is 14.2 Å². The Hall–Kier alpha value is -0.980. The molecule has 0 bridgehead atoms. The fourth-order valence-electron chi connectivity index (χ4n) is 2.32. The Labute approximate surface area is 119 Å². The molecule has 1 aromatic rings. The summed E-state index contributed by atoms with van der Waals surface area (Å²) in [5.41, 5.74) is 1.10. The van der Waals surface area contributed by atoms with Crippen LogP contribution in [-0.2, 0) is 20.8 Å². The molecular weight excluding hydrogens is 260 g/mol. The molecule has 2 N–H and O–H groups in total. The van der Waals surface area contributed by atoms with E-state index in [1.807, 2.05) is 30.3 Å². The summed E-state index contributed by atoms with van der Waals surface area (Å²) in [6.07, 6.45) is -1.98. The van der Waals surface area contributed by atoms with Crippen molar-refractivity contribution < 1.29 is 24.4 Å². The molecule has 1 saturated heterocycles. The van der Waals surface area contributed by atoms with Gasteiger partial charge in [0.2, 0.25) is 0 Å². The van der Waals surface area contributed by atoms with Crippen molar-refractivity contribution in [3.05, 3.63) is 35.9 Å². The van der Waals surface area contributed by atoms with Crippen LogP contribution in [0.1, 0.15) is 18.9 Å². The first-order valence-electron chi connectivity index (χ1n) is 6.77. The van der Waals surface area contributed by atoms with Crippen molar-refractivity contribution in [3.8, 4) is 0 Å². The van der Waals surface area contributed by atoms with Gasteiger partial charge >= 0.3 is 0 Å². The van der Waals surface area contributed by atoms with Crippen LogP contribution in [0.3, 0.4) is 0 Å². The fraction of sp³-hybridized carbons (Fsp3) is 0.600. The van der Waals surface area contributed by atoms with Crippen LogP contribution in [0.4, 0.5) is 0 Å². The fourth-order valence-corrected chi connectivity index (χ4v) is 2.32. The lowest BCUT2D eigenvalue weighted by atomic mass is 10.0. The molecule has 0 saturated carbocycles. The maximum absolute atomic E-state index is 9.93. The van der Waals surface area contributed by atoms with Gasteiger partial charge in [0.1, 0.15) is 12.2 Å². The smallest absolute Gasteiger partial charge is 0.194 e. The molecule has 1 heterocycles. The third kappa shape index (κ3) is 3.37. The second kappa shape index (κ2) is 6.65. The number of benzene rings is 1. The van der Waals surface area contributed by atoms with Crippen LogP contribution < -0.4 is 0 Å². The minimum atomic E-state index is -1.15. The number of hydrogen-bond acceptors (Lipinski definition) is 5. The summed E-state index contributed by atoms with van der Waals surface area (Å²) in [6.45, 7) is 2.59. The highest BCUT2D eigenvalue weighted by Gasteiger charge is 2.51. The van der Waals surface area contributed by atoms with Gasteiger partial charge in [-0.1, -0.05) is 30.3 Å². The Bertz CT molecular complexity index is 410. The van der Waals surface area contributed by atoms with Gasteiger partial charge in [-0.15, -0.1) is 0 Å². The standard InChI is InChI=1S/C15H22O5/c1-15(18-2)14(17)13(16)12(20-15)8-9-19-10-11-6-4-3-5-7-11/h3-7,12-14,16-17H,8-10H2,1-2H3/t12-,13-,14+,15+/m1/s1. The maximum Gasteiger partial charge on any atom is 0.194 e. The second-order valence-corrected chi connectivity index (χ2v) is 5.14. The highest BCUT2D eigenvalue weighted by atomic mass is 16.7. The van der Waals surface area contributed by atoms with E-state index in [0.29, 0.717) is 19.6 Å². The van der Waals surface area contributed by atoms with E-state index >= 15 is 0 Å². The lowest BCUT2D eigenvalue weighted by Gasteiger charge is -2.25. The van der Waals surface area contributed by atoms with Crippen LogP contribution in [0.2, 0.25) is 0 Å². The second-order valence-electron chi connectivity index (χ2n) is 5.14. The molecule has 5 heteroatoms. The molecule has 5 nitrogen and oxygen atoms in total. The van der Waals surface area contributed by atoms with E-state index in [0.717, 1.165) is 5.56 Å². The van der Waals surface area contributed by atoms with E-state index in [-0.39, 0.29) is 0 Å². The average molecular weight is 282 g/mol. The lowest BCUT2D eigenvalue weighted by Crippen LogP contribution is -2.42. The first-order chi connectivity index (χ1) is 9.57. The summed E-state index contributed by atoms with van der Waals surface area (Å²) in [4.78, 5) is 0. The maximum atomic E-state index is 9.93. The molecule has 0 spiro atoms. The molecule has 0 unspecified atom stereocenters. The van der Waals surface area contributed by atoms with Gasteiger partial charge in [0, 0.05) is 13.7 Å². The predicted molar refractivity (Wildman–Crippen MR) is 73.0 cm³/mol. The first-order valence-corrected chi connectivity index (χ1v) is 6.77. The molecule has 2 rings (SSSR count). The molecular formula is C15H22O5. The normalized spacial score (nSPS) is 33.5. The van der Waals surface area contributed by atoms with Gasteiger partial charge in [-0.2, -0.15) is 0 Å². The summed E-state index contributed by atoms with van der Waals surface area (Å²) in [5, 5.41) is 19.8. The van der Waals surface area contributed by atoms with Crippen LogP contribution in [-0.4, -0.2) is 48.0 Å². The average Bonchev–Trinajstić information content (AvgIpc) is 2.70. The van der Waals surface area contributed by atoms with E-state index in [9.17, 15) is 10.2 Å². The minimum Gasteiger partial charge on any atom is -0.387 e. The molecule has 0 amide bonds. The van der Waals surface area contributed by atoms with Crippen molar-refractivity contribution in [1.29, 1.82) is 0 Å². The number of aliphatic hydroxyl groups excluding tert-OH is 2. The van der Waals surface area contributed by atoms with E-state index in [1.54, 1.807) is 6.92 Å². The van der Waals surface area contributed by atoms with Crippen molar-refractivity contribution >= 4 is 0 Å². The van der Waals surface area contributed by atoms with Gasteiger partial charge < -0.3 is 24.4 Å². The molecule has 0 aromatic heterocycles. The van der Waals surface area contributed by atoms with Crippen LogP contribution in [0.5, 0.6) is 0 Å². The molecule has 4 atom stereocenters. The topological polar surface area (TPSA) is 68.2 Å². The zero-order chi connectivity index (χ0) is 14.6. The van der Waals surface area contributed by atoms with Gasteiger partial charge in [0.05, 0.1) is 12.7 Å². The highest BCUT2D eigenvalue weighted by Crippen LogP contribution is 2.32. The predicted octanol–water partition coefficient (Wildman–Crippen LogP) is 1.08. The van der Waals surface area contributed by atoms with E-state index in [2.05, 4.69) is 0 Å². The zero-order valence-corrected chi connectivity index (χ0v) is 11.9. The SMILES string of the molecule is CO[C@@]1(C)O[C@H](CCOCc2ccccc2)[C@@H](O)[C@@H]1O. The van der Waals surface area contributed by atoms with Crippen molar-refractivity contribution in [3.63, 3.8) is 0 Å². The van der Waals surface area contributed by atoms with Gasteiger partial charge in [-0.25, -0.2) is 0 Å². The number of methoxy groups -OCH3 is 1. The molecule has 112 valence electrons. The molecule has 1 aromatic carbocycles. The largest absolute Gasteiger partial charge is 0.387 e. The number of hydrogen-bond donors (Lipinski definition) is 2. The Kier molecular flexibility index (Phi) is 5.12. The summed E-state index contributed by atoms with van der Waals surface area (Å²) in [6, 6.07) is 9.87. The highest BCUT2D eigenvalue weighted by molar-refractivity contribution is 5.13. The third-order valence-corrected chi connectivity index (χ3v) is 3.69. The number of ether oxygens (including phenoxy) is 3.